The van der Waals surface area contributed by atoms with Gasteiger partial charge in [0.1, 0.15) is 12.1 Å². The van der Waals surface area contributed by atoms with Crippen LogP contribution >= 0.6 is 11.6 Å². The van der Waals surface area contributed by atoms with Crippen LogP contribution in [0.4, 0.5) is 5.82 Å². The Morgan fingerprint density at radius 3 is 2.67 bits per heavy atom. The molecule has 1 aromatic heterocycles. The van der Waals surface area contributed by atoms with E-state index in [4.69, 9.17) is 16.3 Å². The van der Waals surface area contributed by atoms with Crippen LogP contribution in [0.1, 0.15) is 39.5 Å². The number of halogens is 1. The number of hydrogen-bond donors (Lipinski definition) is 1. The Balaban J connectivity index is 1.92. The topological polar surface area (TPSA) is 47.0 Å². The van der Waals surface area contributed by atoms with E-state index in [1.165, 1.54) is 6.33 Å². The molecule has 1 saturated carbocycles. The minimum atomic E-state index is 0.124. The summed E-state index contributed by atoms with van der Waals surface area (Å²) in [6.07, 6.45) is 5.99. The quantitative estimate of drug-likeness (QED) is 0.853. The first-order valence-electron chi connectivity index (χ1n) is 6.53. The molecule has 5 heteroatoms. The van der Waals surface area contributed by atoms with Gasteiger partial charge in [-0.15, -0.1) is 11.6 Å². The first kappa shape index (κ1) is 13.4. The average molecular weight is 270 g/mol. The van der Waals surface area contributed by atoms with Crippen LogP contribution < -0.4 is 10.1 Å². The van der Waals surface area contributed by atoms with Crippen molar-refractivity contribution >= 4 is 17.4 Å². The van der Waals surface area contributed by atoms with E-state index in [9.17, 15) is 0 Å². The zero-order chi connectivity index (χ0) is 13.0. The third-order valence-electron chi connectivity index (χ3n) is 3.01. The van der Waals surface area contributed by atoms with Crippen molar-refractivity contribution in [2.45, 2.75) is 57.1 Å². The molecule has 1 heterocycles. The van der Waals surface area contributed by atoms with Crippen LogP contribution in [-0.2, 0) is 0 Å². The fourth-order valence-corrected chi connectivity index (χ4v) is 2.38. The Morgan fingerprint density at radius 2 is 2.00 bits per heavy atom. The maximum Gasteiger partial charge on any atom is 0.218 e. The summed E-state index contributed by atoms with van der Waals surface area (Å²) in [6.45, 7) is 3.97. The highest BCUT2D eigenvalue weighted by atomic mass is 35.5. The highest BCUT2D eigenvalue weighted by Gasteiger charge is 2.19. The number of nitrogens with one attached hydrogen (secondary N) is 1. The smallest absolute Gasteiger partial charge is 0.218 e. The van der Waals surface area contributed by atoms with Crippen LogP contribution in [-0.4, -0.2) is 27.5 Å². The summed E-state index contributed by atoms with van der Waals surface area (Å²) in [7, 11) is 0. The van der Waals surface area contributed by atoms with Gasteiger partial charge in [-0.1, -0.05) is 0 Å². The molecule has 0 bridgehead atoms. The van der Waals surface area contributed by atoms with Crippen LogP contribution in [0.2, 0.25) is 0 Å². The molecule has 0 spiro atoms. The largest absolute Gasteiger partial charge is 0.475 e. The van der Waals surface area contributed by atoms with Gasteiger partial charge in [-0.05, 0) is 39.5 Å². The van der Waals surface area contributed by atoms with Crippen molar-refractivity contribution in [1.29, 1.82) is 0 Å². The lowest BCUT2D eigenvalue weighted by Gasteiger charge is -2.26. The van der Waals surface area contributed by atoms with E-state index in [0.29, 0.717) is 17.3 Å². The molecule has 2 rings (SSSR count). The third-order valence-corrected chi connectivity index (χ3v) is 3.44. The number of alkyl halides is 1. The maximum atomic E-state index is 6.09. The lowest BCUT2D eigenvalue weighted by molar-refractivity contribution is 0.232. The second kappa shape index (κ2) is 6.23. The molecule has 0 unspecified atom stereocenters. The molecule has 0 atom stereocenters. The van der Waals surface area contributed by atoms with Crippen molar-refractivity contribution in [1.82, 2.24) is 9.97 Å². The number of aromatic nitrogens is 2. The Hall–Kier alpha value is -1.03. The molecule has 0 saturated heterocycles. The number of anilines is 1. The van der Waals surface area contributed by atoms with Crippen LogP contribution in [0.25, 0.3) is 0 Å². The average Bonchev–Trinajstić information content (AvgIpc) is 2.32. The van der Waals surface area contributed by atoms with E-state index in [1.807, 2.05) is 19.9 Å². The van der Waals surface area contributed by atoms with Gasteiger partial charge in [0.15, 0.2) is 0 Å². The van der Waals surface area contributed by atoms with Gasteiger partial charge in [0.25, 0.3) is 0 Å². The van der Waals surface area contributed by atoms with Gasteiger partial charge in [0.2, 0.25) is 5.88 Å². The van der Waals surface area contributed by atoms with Gasteiger partial charge >= 0.3 is 0 Å². The number of rotatable bonds is 4. The molecule has 1 aromatic rings. The van der Waals surface area contributed by atoms with Gasteiger partial charge in [-0.2, -0.15) is 0 Å². The molecule has 18 heavy (non-hydrogen) atoms. The molecular weight excluding hydrogens is 250 g/mol. The van der Waals surface area contributed by atoms with Crippen molar-refractivity contribution in [2.24, 2.45) is 0 Å². The Kier molecular flexibility index (Phi) is 4.64. The van der Waals surface area contributed by atoms with E-state index < -0.39 is 0 Å². The highest BCUT2D eigenvalue weighted by Crippen LogP contribution is 2.25. The van der Waals surface area contributed by atoms with E-state index >= 15 is 0 Å². The first-order chi connectivity index (χ1) is 8.63. The molecule has 0 amide bonds. The van der Waals surface area contributed by atoms with E-state index in [-0.39, 0.29) is 6.10 Å². The van der Waals surface area contributed by atoms with Crippen LogP contribution in [0.15, 0.2) is 12.4 Å². The van der Waals surface area contributed by atoms with Gasteiger partial charge in [0.05, 0.1) is 6.10 Å². The summed E-state index contributed by atoms with van der Waals surface area (Å²) in [4.78, 5) is 8.31. The van der Waals surface area contributed by atoms with Crippen molar-refractivity contribution < 1.29 is 4.74 Å². The zero-order valence-corrected chi connectivity index (χ0v) is 11.7. The van der Waals surface area contributed by atoms with Gasteiger partial charge < -0.3 is 10.1 Å². The zero-order valence-electron chi connectivity index (χ0n) is 10.9. The number of hydrogen-bond acceptors (Lipinski definition) is 4. The second-order valence-electron chi connectivity index (χ2n) is 5.00. The first-order valence-corrected chi connectivity index (χ1v) is 6.96. The molecule has 0 aliphatic heterocycles. The Morgan fingerprint density at radius 1 is 1.28 bits per heavy atom. The van der Waals surface area contributed by atoms with Crippen molar-refractivity contribution in [2.75, 3.05) is 5.32 Å². The van der Waals surface area contributed by atoms with Gasteiger partial charge in [0, 0.05) is 17.5 Å². The highest BCUT2D eigenvalue weighted by molar-refractivity contribution is 6.20. The summed E-state index contributed by atoms with van der Waals surface area (Å²) >= 11 is 6.09. The second-order valence-corrected chi connectivity index (χ2v) is 5.62. The van der Waals surface area contributed by atoms with Crippen molar-refractivity contribution in [3.05, 3.63) is 12.4 Å². The monoisotopic (exact) mass is 269 g/mol. The summed E-state index contributed by atoms with van der Waals surface area (Å²) < 4.78 is 5.55. The minimum absolute atomic E-state index is 0.124. The van der Waals surface area contributed by atoms with Gasteiger partial charge in [-0.3, -0.25) is 0 Å². The fraction of sp³-hybridized carbons (Fsp3) is 0.692. The normalized spacial score (nSPS) is 24.0. The predicted molar refractivity (Wildman–Crippen MR) is 73.3 cm³/mol. The molecule has 1 aliphatic carbocycles. The number of nitrogens with zero attached hydrogens (tertiary/aromatic N) is 2. The van der Waals surface area contributed by atoms with E-state index in [2.05, 4.69) is 15.3 Å². The lowest BCUT2D eigenvalue weighted by atomic mass is 9.95. The maximum absolute atomic E-state index is 6.09. The lowest BCUT2D eigenvalue weighted by Crippen LogP contribution is -2.26. The van der Waals surface area contributed by atoms with Crippen LogP contribution in [0.3, 0.4) is 0 Å². The summed E-state index contributed by atoms with van der Waals surface area (Å²) in [5.74, 6) is 1.45. The molecule has 0 radical (unpaired) electrons. The molecule has 1 N–H and O–H groups in total. The summed E-state index contributed by atoms with van der Waals surface area (Å²) in [6, 6.07) is 2.31. The van der Waals surface area contributed by atoms with E-state index in [0.717, 1.165) is 31.5 Å². The minimum Gasteiger partial charge on any atom is -0.475 e. The summed E-state index contributed by atoms with van der Waals surface area (Å²) in [5, 5.41) is 3.77. The number of ether oxygens (including phenoxy) is 1. The van der Waals surface area contributed by atoms with Crippen molar-refractivity contribution in [3.8, 4) is 5.88 Å². The fourth-order valence-electron chi connectivity index (χ4n) is 2.13. The summed E-state index contributed by atoms with van der Waals surface area (Å²) in [5.41, 5.74) is 0. The molecule has 1 aliphatic rings. The van der Waals surface area contributed by atoms with Crippen LogP contribution in [0, 0.1) is 0 Å². The predicted octanol–water partition coefficient (Wildman–Crippen LogP) is 3.23. The molecule has 4 nitrogen and oxygen atoms in total. The SMILES string of the molecule is CC(C)Oc1cc(NC2CCC(Cl)CC2)ncn1. The third kappa shape index (κ3) is 4.02. The molecular formula is C13H20ClN3O. The molecule has 1 fully saturated rings. The Labute approximate surface area is 113 Å². The van der Waals surface area contributed by atoms with Crippen LogP contribution in [0.5, 0.6) is 5.88 Å². The van der Waals surface area contributed by atoms with E-state index in [1.54, 1.807) is 0 Å². The van der Waals surface area contributed by atoms with Gasteiger partial charge in [-0.25, -0.2) is 9.97 Å². The van der Waals surface area contributed by atoms with Crippen molar-refractivity contribution in [3.63, 3.8) is 0 Å². The molecule has 100 valence electrons. The standard InChI is InChI=1S/C13H20ClN3O/c1-9(2)18-13-7-12(15-8-16-13)17-11-5-3-10(14)4-6-11/h7-11H,3-6H2,1-2H3,(H,15,16,17). The Bertz CT molecular complexity index is 378. The molecule has 0 aromatic carbocycles.